The first kappa shape index (κ1) is 25.4. The number of carbonyl (C=O) groups excluding carboxylic acids is 1. The van der Waals surface area contributed by atoms with Crippen molar-refractivity contribution < 1.29 is 23.1 Å². The molecule has 3 aromatic rings. The molecule has 1 amide bonds. The maximum absolute atomic E-state index is 13.3. The molecule has 0 bridgehead atoms. The van der Waals surface area contributed by atoms with Crippen molar-refractivity contribution in [2.75, 3.05) is 29.6 Å². The molecule has 0 unspecified atom stereocenters. The second-order valence-corrected chi connectivity index (χ2v) is 9.27. The lowest BCUT2D eigenvalue weighted by Crippen LogP contribution is -2.53. The first-order valence-corrected chi connectivity index (χ1v) is 11.2. The van der Waals surface area contributed by atoms with E-state index in [1.807, 2.05) is 0 Å². The van der Waals surface area contributed by atoms with Crippen LogP contribution >= 0.6 is 0 Å². The molecule has 3 aromatic heterocycles. The second-order valence-electron chi connectivity index (χ2n) is 9.27. The van der Waals surface area contributed by atoms with Crippen molar-refractivity contribution in [2.45, 2.75) is 44.5 Å². The predicted octanol–water partition coefficient (Wildman–Crippen LogP) is 2.32. The highest BCUT2D eigenvalue weighted by atomic mass is 19.4. The van der Waals surface area contributed by atoms with E-state index in [0.29, 0.717) is 42.7 Å². The van der Waals surface area contributed by atoms with Crippen LogP contribution in [0.15, 0.2) is 30.6 Å². The molecule has 1 aliphatic heterocycles. The van der Waals surface area contributed by atoms with E-state index in [4.69, 9.17) is 17.3 Å². The number of piperidine rings is 1. The Morgan fingerprint density at radius 3 is 2.42 bits per heavy atom. The minimum Gasteiger partial charge on any atom is -0.396 e. The van der Waals surface area contributed by atoms with Crippen LogP contribution in [0, 0.1) is 0 Å². The number of nitrogens with zero attached hydrogens (tertiary/aromatic N) is 5. The number of halogens is 3. The number of pyridine rings is 3. The molecular weight excluding hydrogens is 477 g/mol. The van der Waals surface area contributed by atoms with Crippen LogP contribution in [0.4, 0.5) is 30.4 Å². The highest BCUT2D eigenvalue weighted by Crippen LogP contribution is 2.37. The van der Waals surface area contributed by atoms with Crippen molar-refractivity contribution in [3.05, 3.63) is 36.2 Å². The Balaban J connectivity index is 1.68. The molecule has 4 heterocycles. The summed E-state index contributed by atoms with van der Waals surface area (Å²) in [4.78, 5) is 26.5. The normalized spacial score (nSPS) is 15.4. The number of rotatable bonds is 4. The van der Waals surface area contributed by atoms with Gasteiger partial charge in [0.25, 0.3) is 5.91 Å². The van der Waals surface area contributed by atoms with Gasteiger partial charge in [0.05, 0.1) is 28.7 Å². The van der Waals surface area contributed by atoms with E-state index < -0.39 is 23.2 Å². The van der Waals surface area contributed by atoms with Crippen LogP contribution in [0.25, 0.3) is 22.3 Å². The zero-order chi connectivity index (χ0) is 26.4. The molecule has 0 saturated carbocycles. The minimum atomic E-state index is -4.67. The average Bonchev–Trinajstić information content (AvgIpc) is 2.82. The molecule has 192 valence electrons. The summed E-state index contributed by atoms with van der Waals surface area (Å²) in [5.74, 6) is 5.50. The summed E-state index contributed by atoms with van der Waals surface area (Å²) in [6, 6.07) is 3.84. The highest BCUT2D eigenvalue weighted by molar-refractivity contribution is 5.95. The van der Waals surface area contributed by atoms with E-state index in [1.54, 1.807) is 11.0 Å². The van der Waals surface area contributed by atoms with Gasteiger partial charge in [0, 0.05) is 30.9 Å². The fourth-order valence-electron chi connectivity index (χ4n) is 4.26. The summed E-state index contributed by atoms with van der Waals surface area (Å²) in [5, 5.41) is 11.5. The Kier molecular flexibility index (Phi) is 6.39. The van der Waals surface area contributed by atoms with Crippen molar-refractivity contribution >= 4 is 34.1 Å². The van der Waals surface area contributed by atoms with Crippen LogP contribution < -0.4 is 22.3 Å². The lowest BCUT2D eigenvalue weighted by molar-refractivity contribution is -0.148. The maximum Gasteiger partial charge on any atom is 0.419 e. The molecule has 7 N–H and O–H groups in total. The molecule has 4 rings (SSSR count). The van der Waals surface area contributed by atoms with E-state index in [-0.39, 0.29) is 28.9 Å². The van der Waals surface area contributed by atoms with Gasteiger partial charge in [-0.25, -0.2) is 15.8 Å². The Morgan fingerprint density at radius 2 is 1.81 bits per heavy atom. The minimum absolute atomic E-state index is 0.119. The van der Waals surface area contributed by atoms with Gasteiger partial charge in [0.15, 0.2) is 0 Å². The van der Waals surface area contributed by atoms with Crippen molar-refractivity contribution in [3.63, 3.8) is 0 Å². The standard InChI is InChI=1S/C23H27F3N8O2/c1-22(2,36)21(35)33-7-5-13(6-8-33)34(29)19-15(27)11-30-17-4-3-16(32-18(17)19)12-9-14(23(24,25)26)20(28)31-10-12/h3-4,9-11,13,36H,5-8,27,29H2,1-2H3,(H2,28,31). The number of nitrogens with two attached hydrogens (primary N) is 3. The Hall–Kier alpha value is -3.71. The summed E-state index contributed by atoms with van der Waals surface area (Å²) >= 11 is 0. The number of likely N-dealkylation sites (tertiary alicyclic amines) is 1. The number of amides is 1. The molecule has 13 heteroatoms. The maximum atomic E-state index is 13.3. The predicted molar refractivity (Wildman–Crippen MR) is 129 cm³/mol. The van der Waals surface area contributed by atoms with Gasteiger partial charge < -0.3 is 26.5 Å². The smallest absolute Gasteiger partial charge is 0.396 e. The number of fused-ring (bicyclic) bond motifs is 1. The van der Waals surface area contributed by atoms with Gasteiger partial charge in [-0.15, -0.1) is 0 Å². The summed E-state index contributed by atoms with van der Waals surface area (Å²) in [6.45, 7) is 3.66. The Bertz CT molecular complexity index is 1300. The van der Waals surface area contributed by atoms with E-state index in [2.05, 4.69) is 15.0 Å². The van der Waals surface area contributed by atoms with E-state index in [9.17, 15) is 23.1 Å². The third-order valence-electron chi connectivity index (χ3n) is 6.16. The SMILES string of the molecule is CC(C)(O)C(=O)N1CCC(N(N)c2c(N)cnc3ccc(-c4cnc(N)c(C(F)(F)F)c4)nc23)CC1. The molecule has 0 spiro atoms. The van der Waals surface area contributed by atoms with Crippen LogP contribution in [-0.4, -0.2) is 55.6 Å². The lowest BCUT2D eigenvalue weighted by Gasteiger charge is -2.39. The first-order valence-electron chi connectivity index (χ1n) is 11.2. The molecule has 10 nitrogen and oxygen atoms in total. The number of hydrogen-bond donors (Lipinski definition) is 4. The third-order valence-corrected chi connectivity index (χ3v) is 6.16. The van der Waals surface area contributed by atoms with Crippen LogP contribution in [0.2, 0.25) is 0 Å². The van der Waals surface area contributed by atoms with Crippen LogP contribution in [0.3, 0.4) is 0 Å². The number of anilines is 3. The molecule has 36 heavy (non-hydrogen) atoms. The zero-order valence-electron chi connectivity index (χ0n) is 19.8. The summed E-state index contributed by atoms with van der Waals surface area (Å²) in [7, 11) is 0. The quantitative estimate of drug-likeness (QED) is 0.309. The fourth-order valence-corrected chi connectivity index (χ4v) is 4.26. The van der Waals surface area contributed by atoms with Gasteiger partial charge in [-0.3, -0.25) is 9.78 Å². The number of hydrogen-bond acceptors (Lipinski definition) is 9. The van der Waals surface area contributed by atoms with Crippen LogP contribution in [0.5, 0.6) is 0 Å². The van der Waals surface area contributed by atoms with Crippen molar-refractivity contribution in [1.82, 2.24) is 19.9 Å². The largest absolute Gasteiger partial charge is 0.419 e. The molecule has 0 aromatic carbocycles. The van der Waals surface area contributed by atoms with Gasteiger partial charge >= 0.3 is 6.18 Å². The molecule has 1 fully saturated rings. The number of alkyl halides is 3. The lowest BCUT2D eigenvalue weighted by atomic mass is 10.0. The van der Waals surface area contributed by atoms with Gasteiger partial charge in [-0.2, -0.15) is 13.2 Å². The molecular formula is C23H27F3N8O2. The number of nitrogen functional groups attached to an aromatic ring is 2. The van der Waals surface area contributed by atoms with Gasteiger partial charge in [-0.05, 0) is 44.9 Å². The zero-order valence-corrected chi connectivity index (χ0v) is 19.8. The third kappa shape index (κ3) is 4.84. The topological polar surface area (TPSA) is 161 Å². The van der Waals surface area contributed by atoms with Crippen LogP contribution in [0.1, 0.15) is 32.3 Å². The molecule has 0 aliphatic carbocycles. The van der Waals surface area contributed by atoms with Gasteiger partial charge in [-0.1, -0.05) is 0 Å². The highest BCUT2D eigenvalue weighted by Gasteiger charge is 2.35. The monoisotopic (exact) mass is 504 g/mol. The van der Waals surface area contributed by atoms with Gasteiger partial charge in [0.2, 0.25) is 0 Å². The van der Waals surface area contributed by atoms with Crippen LogP contribution in [-0.2, 0) is 11.0 Å². The van der Waals surface area contributed by atoms with E-state index >= 15 is 0 Å². The Labute approximate surface area is 204 Å². The molecule has 1 aliphatic rings. The number of aliphatic hydroxyl groups is 1. The second kappa shape index (κ2) is 9.06. The summed E-state index contributed by atoms with van der Waals surface area (Å²) < 4.78 is 40.0. The molecule has 0 atom stereocenters. The van der Waals surface area contributed by atoms with Crippen molar-refractivity contribution in [3.8, 4) is 11.3 Å². The number of aromatic nitrogens is 3. The molecule has 0 radical (unpaired) electrons. The number of carbonyl (C=O) groups is 1. The van der Waals surface area contributed by atoms with Gasteiger partial charge in [0.1, 0.15) is 22.6 Å². The van der Waals surface area contributed by atoms with Crippen molar-refractivity contribution in [2.24, 2.45) is 5.84 Å². The molecule has 1 saturated heterocycles. The Morgan fingerprint density at radius 1 is 1.14 bits per heavy atom. The first-order chi connectivity index (χ1) is 16.8. The summed E-state index contributed by atoms with van der Waals surface area (Å²) in [5.41, 5.74) is 10.8. The van der Waals surface area contributed by atoms with E-state index in [0.717, 1.165) is 6.07 Å². The number of hydrazine groups is 1. The van der Waals surface area contributed by atoms with Crippen molar-refractivity contribution in [1.29, 1.82) is 0 Å². The fraction of sp³-hybridized carbons (Fsp3) is 0.391. The average molecular weight is 505 g/mol. The van der Waals surface area contributed by atoms with E-state index in [1.165, 1.54) is 37.3 Å². The summed E-state index contributed by atoms with van der Waals surface area (Å²) in [6.07, 6.45) is -0.987.